The number of anilines is 1. The van der Waals surface area contributed by atoms with Gasteiger partial charge in [0.1, 0.15) is 0 Å². The zero-order chi connectivity index (χ0) is 18.3. The molecule has 0 unspecified atom stereocenters. The molecule has 6 heteroatoms. The normalized spacial score (nSPS) is 18.7. The van der Waals surface area contributed by atoms with Gasteiger partial charge in [-0.2, -0.15) is 0 Å². The van der Waals surface area contributed by atoms with Crippen molar-refractivity contribution >= 4 is 21.6 Å². The fraction of sp³-hybridized carbons (Fsp3) is 0.350. The van der Waals surface area contributed by atoms with Crippen LogP contribution in [0, 0.1) is 0 Å². The Morgan fingerprint density at radius 1 is 1.04 bits per heavy atom. The first kappa shape index (κ1) is 17.1. The highest BCUT2D eigenvalue weighted by molar-refractivity contribution is 7.93. The minimum absolute atomic E-state index is 0.0896. The molecule has 2 aliphatic rings. The van der Waals surface area contributed by atoms with Crippen molar-refractivity contribution in [3.05, 3.63) is 48.0 Å². The molecule has 0 bridgehead atoms. The third-order valence-corrected chi connectivity index (χ3v) is 7.18. The Bertz CT molecular complexity index is 963. The fourth-order valence-corrected chi connectivity index (χ4v) is 5.29. The highest BCUT2D eigenvalue weighted by Gasteiger charge is 2.32. The number of nitrogens with one attached hydrogen (secondary N) is 1. The summed E-state index contributed by atoms with van der Waals surface area (Å²) in [7, 11) is -2.01. The van der Waals surface area contributed by atoms with Crippen LogP contribution in [0.1, 0.15) is 42.5 Å². The number of carbonyl (C=O) groups is 1. The number of hydrogen-bond donors (Lipinski definition) is 1. The predicted octanol–water partition coefficient (Wildman–Crippen LogP) is 3.55. The molecule has 1 amide bonds. The van der Waals surface area contributed by atoms with E-state index in [0.29, 0.717) is 16.8 Å². The van der Waals surface area contributed by atoms with Crippen LogP contribution in [0.5, 0.6) is 0 Å². The summed E-state index contributed by atoms with van der Waals surface area (Å²) < 4.78 is 26.7. The van der Waals surface area contributed by atoms with Crippen molar-refractivity contribution in [1.29, 1.82) is 0 Å². The highest BCUT2D eigenvalue weighted by atomic mass is 32.2. The van der Waals surface area contributed by atoms with E-state index in [0.717, 1.165) is 31.2 Å². The summed E-state index contributed by atoms with van der Waals surface area (Å²) in [5.74, 6) is -0.0896. The quantitative estimate of drug-likeness (QED) is 0.879. The van der Waals surface area contributed by atoms with Crippen LogP contribution < -0.4 is 9.62 Å². The van der Waals surface area contributed by atoms with Crippen LogP contribution in [0.3, 0.4) is 0 Å². The molecule has 0 atom stereocenters. The van der Waals surface area contributed by atoms with Crippen LogP contribution in [0.4, 0.5) is 5.69 Å². The molecular formula is C20H22N2O3S. The Labute approximate surface area is 154 Å². The van der Waals surface area contributed by atoms with Crippen LogP contribution in [0.25, 0.3) is 11.1 Å². The van der Waals surface area contributed by atoms with Crippen molar-refractivity contribution in [2.24, 2.45) is 0 Å². The van der Waals surface area contributed by atoms with Gasteiger partial charge in [-0.25, -0.2) is 8.42 Å². The molecule has 5 nitrogen and oxygen atoms in total. The smallest absolute Gasteiger partial charge is 0.264 e. The van der Waals surface area contributed by atoms with Crippen LogP contribution in [-0.2, 0) is 10.0 Å². The monoisotopic (exact) mass is 370 g/mol. The molecule has 0 saturated heterocycles. The molecular weight excluding hydrogens is 348 g/mol. The Morgan fingerprint density at radius 2 is 1.77 bits per heavy atom. The molecule has 1 heterocycles. The van der Waals surface area contributed by atoms with Crippen molar-refractivity contribution in [2.45, 2.75) is 43.0 Å². The zero-order valence-corrected chi connectivity index (χ0v) is 15.6. The summed E-state index contributed by atoms with van der Waals surface area (Å²) in [4.78, 5) is 13.0. The van der Waals surface area contributed by atoms with Gasteiger partial charge in [-0.05, 0) is 37.1 Å². The van der Waals surface area contributed by atoms with Gasteiger partial charge in [-0.15, -0.1) is 0 Å². The van der Waals surface area contributed by atoms with E-state index < -0.39 is 10.0 Å². The summed E-state index contributed by atoms with van der Waals surface area (Å²) in [6.45, 7) is 0. The molecule has 0 radical (unpaired) electrons. The summed E-state index contributed by atoms with van der Waals surface area (Å²) >= 11 is 0. The van der Waals surface area contributed by atoms with Gasteiger partial charge in [-0.1, -0.05) is 37.5 Å². The maximum Gasteiger partial charge on any atom is 0.264 e. The topological polar surface area (TPSA) is 66.5 Å². The maximum atomic E-state index is 12.7. The van der Waals surface area contributed by atoms with Crippen molar-refractivity contribution in [2.75, 3.05) is 11.4 Å². The third-order valence-electron chi connectivity index (χ3n) is 5.35. The Hall–Kier alpha value is -2.34. The number of nitrogens with zero attached hydrogens (tertiary/aromatic N) is 1. The summed E-state index contributed by atoms with van der Waals surface area (Å²) in [5, 5.41) is 3.12. The molecule has 1 aliphatic carbocycles. The standard InChI is InChI=1S/C20H22N2O3S/c1-22-18-12-11-14(20(23)21-15-7-3-2-4-8-15)13-17(18)16-9-5-6-10-19(16)26(22,24)25/h5-6,9-13,15H,2-4,7-8H2,1H3,(H,21,23). The number of benzene rings is 2. The van der Waals surface area contributed by atoms with Crippen molar-refractivity contribution in [3.63, 3.8) is 0 Å². The summed E-state index contributed by atoms with van der Waals surface area (Å²) in [6.07, 6.45) is 5.61. The van der Waals surface area contributed by atoms with E-state index in [1.54, 1.807) is 43.4 Å². The van der Waals surface area contributed by atoms with E-state index in [1.165, 1.54) is 10.7 Å². The number of rotatable bonds is 2. The molecule has 0 aromatic heterocycles. The van der Waals surface area contributed by atoms with Gasteiger partial charge in [0.05, 0.1) is 10.6 Å². The van der Waals surface area contributed by atoms with Gasteiger partial charge in [0.25, 0.3) is 15.9 Å². The lowest BCUT2D eigenvalue weighted by Crippen LogP contribution is -2.36. The van der Waals surface area contributed by atoms with Gasteiger partial charge >= 0.3 is 0 Å². The molecule has 0 spiro atoms. The minimum Gasteiger partial charge on any atom is -0.349 e. The number of sulfonamides is 1. The second-order valence-electron chi connectivity index (χ2n) is 7.01. The van der Waals surface area contributed by atoms with Crippen LogP contribution in [-0.4, -0.2) is 27.4 Å². The van der Waals surface area contributed by atoms with Gasteiger partial charge in [0.15, 0.2) is 0 Å². The molecule has 1 N–H and O–H groups in total. The largest absolute Gasteiger partial charge is 0.349 e. The molecule has 1 saturated carbocycles. The molecule has 1 fully saturated rings. The first-order chi connectivity index (χ1) is 12.5. The second-order valence-corrected chi connectivity index (χ2v) is 8.95. The highest BCUT2D eigenvalue weighted by Crippen LogP contribution is 2.42. The van der Waals surface area contributed by atoms with E-state index >= 15 is 0 Å². The number of carbonyl (C=O) groups excluding carboxylic acids is 1. The summed E-state index contributed by atoms with van der Waals surface area (Å²) in [5.41, 5.74) is 2.58. The zero-order valence-electron chi connectivity index (χ0n) is 14.7. The van der Waals surface area contributed by atoms with Gasteiger partial charge < -0.3 is 5.32 Å². The lowest BCUT2D eigenvalue weighted by atomic mass is 9.95. The van der Waals surface area contributed by atoms with Gasteiger partial charge in [0, 0.05) is 29.8 Å². The van der Waals surface area contributed by atoms with E-state index in [2.05, 4.69) is 5.32 Å². The third kappa shape index (κ3) is 2.78. The average molecular weight is 370 g/mol. The number of amides is 1. The molecule has 26 heavy (non-hydrogen) atoms. The first-order valence-electron chi connectivity index (χ1n) is 9.02. The molecule has 4 rings (SSSR count). The van der Waals surface area contributed by atoms with Crippen molar-refractivity contribution in [3.8, 4) is 11.1 Å². The maximum absolute atomic E-state index is 12.7. The molecule has 1 aliphatic heterocycles. The second kappa shape index (κ2) is 6.43. The van der Waals surface area contributed by atoms with E-state index in [4.69, 9.17) is 0 Å². The van der Waals surface area contributed by atoms with Crippen molar-refractivity contribution < 1.29 is 13.2 Å². The minimum atomic E-state index is -3.56. The fourth-order valence-electron chi connectivity index (χ4n) is 3.87. The number of fused-ring (bicyclic) bond motifs is 3. The molecule has 136 valence electrons. The lowest BCUT2D eigenvalue weighted by molar-refractivity contribution is 0.0928. The van der Waals surface area contributed by atoms with Crippen LogP contribution in [0.15, 0.2) is 47.4 Å². The van der Waals surface area contributed by atoms with Gasteiger partial charge in [0.2, 0.25) is 0 Å². The average Bonchev–Trinajstić information content (AvgIpc) is 2.67. The first-order valence-corrected chi connectivity index (χ1v) is 10.5. The number of hydrogen-bond acceptors (Lipinski definition) is 3. The van der Waals surface area contributed by atoms with Crippen LogP contribution in [0.2, 0.25) is 0 Å². The van der Waals surface area contributed by atoms with E-state index in [-0.39, 0.29) is 16.8 Å². The summed E-state index contributed by atoms with van der Waals surface area (Å²) in [6, 6.07) is 12.4. The lowest BCUT2D eigenvalue weighted by Gasteiger charge is -2.29. The van der Waals surface area contributed by atoms with Gasteiger partial charge in [-0.3, -0.25) is 9.10 Å². The van der Waals surface area contributed by atoms with E-state index in [1.807, 2.05) is 6.07 Å². The van der Waals surface area contributed by atoms with Crippen molar-refractivity contribution in [1.82, 2.24) is 5.32 Å². The molecule has 2 aromatic carbocycles. The molecule has 2 aromatic rings. The van der Waals surface area contributed by atoms with Crippen LogP contribution >= 0.6 is 0 Å². The van der Waals surface area contributed by atoms with E-state index in [9.17, 15) is 13.2 Å². The Balaban J connectivity index is 1.72. The predicted molar refractivity (Wildman–Crippen MR) is 102 cm³/mol. The Kier molecular flexibility index (Phi) is 4.23. The SMILES string of the molecule is CN1c2ccc(C(=O)NC3CCCCC3)cc2-c2ccccc2S1(=O)=O. The Morgan fingerprint density at radius 3 is 2.54 bits per heavy atom.